The Hall–Kier alpha value is -1.70. The van der Waals surface area contributed by atoms with Crippen molar-refractivity contribution in [3.63, 3.8) is 0 Å². The molecule has 0 aliphatic carbocycles. The van der Waals surface area contributed by atoms with E-state index in [2.05, 4.69) is 0 Å². The molecule has 0 aliphatic rings. The summed E-state index contributed by atoms with van der Waals surface area (Å²) in [5.74, 6) is -2.13. The highest BCUT2D eigenvalue weighted by atomic mass is 19.1. The van der Waals surface area contributed by atoms with Gasteiger partial charge in [0.25, 0.3) is 0 Å². The van der Waals surface area contributed by atoms with Crippen molar-refractivity contribution < 1.29 is 33.6 Å². The second kappa shape index (κ2) is 8.47. The zero-order chi connectivity index (χ0) is 15.0. The first kappa shape index (κ1) is 16.4. The van der Waals surface area contributed by atoms with Crippen LogP contribution in [0.15, 0.2) is 18.2 Å². The second-order valence-electron chi connectivity index (χ2n) is 3.98. The molecule has 112 valence electrons. The fraction of sp³-hybridized carbons (Fsp3) is 0.462. The van der Waals surface area contributed by atoms with Gasteiger partial charge in [-0.05, 0) is 18.2 Å². The van der Waals surface area contributed by atoms with Crippen molar-refractivity contribution in [2.75, 3.05) is 33.5 Å². The number of aromatic carboxylic acids is 1. The maximum atomic E-state index is 13.5. The van der Waals surface area contributed by atoms with Crippen LogP contribution in [-0.4, -0.2) is 55.8 Å². The molecular weight excluding hydrogens is 271 g/mol. The minimum atomic E-state index is -1.22. The molecule has 0 bridgehead atoms. The average Bonchev–Trinajstić information content (AvgIpc) is 2.42. The maximum Gasteiger partial charge on any atom is 0.335 e. The molecule has 0 spiro atoms. The Morgan fingerprint density at radius 1 is 1.35 bits per heavy atom. The van der Waals surface area contributed by atoms with Gasteiger partial charge in [0.15, 0.2) is 11.6 Å². The minimum Gasteiger partial charge on any atom is -0.488 e. The molecule has 0 heterocycles. The summed E-state index contributed by atoms with van der Waals surface area (Å²) in [5, 5.41) is 18.2. The predicted molar refractivity (Wildman–Crippen MR) is 67.6 cm³/mol. The monoisotopic (exact) mass is 288 g/mol. The van der Waals surface area contributed by atoms with E-state index in [1.54, 1.807) is 0 Å². The van der Waals surface area contributed by atoms with Crippen molar-refractivity contribution in [2.45, 2.75) is 6.10 Å². The number of carboxylic acid groups (broad SMARTS) is 1. The summed E-state index contributed by atoms with van der Waals surface area (Å²) >= 11 is 0. The van der Waals surface area contributed by atoms with Crippen molar-refractivity contribution >= 4 is 5.97 Å². The van der Waals surface area contributed by atoms with Crippen LogP contribution in [0, 0.1) is 5.82 Å². The fourth-order valence-corrected chi connectivity index (χ4v) is 1.35. The molecule has 0 fully saturated rings. The molecule has 1 aromatic rings. The van der Waals surface area contributed by atoms with Gasteiger partial charge >= 0.3 is 5.97 Å². The third kappa shape index (κ3) is 5.52. The van der Waals surface area contributed by atoms with Crippen molar-refractivity contribution in [3.8, 4) is 5.75 Å². The molecule has 6 nitrogen and oxygen atoms in total. The minimum absolute atomic E-state index is 0.0399. The summed E-state index contributed by atoms with van der Waals surface area (Å²) in [4.78, 5) is 10.6. The lowest BCUT2D eigenvalue weighted by Gasteiger charge is -2.13. The number of benzene rings is 1. The third-order valence-electron chi connectivity index (χ3n) is 2.35. The number of aliphatic hydroxyl groups excluding tert-OH is 1. The molecule has 0 aromatic heterocycles. The zero-order valence-electron chi connectivity index (χ0n) is 11.0. The molecule has 20 heavy (non-hydrogen) atoms. The number of methoxy groups -OCH3 is 1. The average molecular weight is 288 g/mol. The summed E-state index contributed by atoms with van der Waals surface area (Å²) in [7, 11) is 1.53. The van der Waals surface area contributed by atoms with E-state index in [0.717, 1.165) is 6.07 Å². The Kier molecular flexibility index (Phi) is 6.92. The Labute approximate surface area is 115 Å². The van der Waals surface area contributed by atoms with Crippen molar-refractivity contribution in [3.05, 3.63) is 29.6 Å². The van der Waals surface area contributed by atoms with Crippen LogP contribution in [0.5, 0.6) is 5.75 Å². The van der Waals surface area contributed by atoms with Gasteiger partial charge in [-0.3, -0.25) is 0 Å². The summed E-state index contributed by atoms with van der Waals surface area (Å²) in [6.07, 6.45) is -0.912. The van der Waals surface area contributed by atoms with Crippen LogP contribution in [0.1, 0.15) is 10.4 Å². The number of hydrogen-bond acceptors (Lipinski definition) is 5. The van der Waals surface area contributed by atoms with Gasteiger partial charge in [-0.2, -0.15) is 0 Å². The molecule has 0 saturated heterocycles. The van der Waals surface area contributed by atoms with Crippen LogP contribution < -0.4 is 4.74 Å². The standard InChI is InChI=1S/C13H17FO6/c1-18-4-5-19-7-10(15)8-20-12-3-2-9(13(16)17)6-11(12)14/h2-3,6,10,15H,4-5,7-8H2,1H3,(H,16,17). The first-order valence-corrected chi connectivity index (χ1v) is 5.95. The normalized spacial score (nSPS) is 12.2. The van der Waals surface area contributed by atoms with Gasteiger partial charge in [-0.25, -0.2) is 9.18 Å². The Bertz CT molecular complexity index is 437. The molecule has 0 radical (unpaired) electrons. The number of aliphatic hydroxyl groups is 1. The van der Waals surface area contributed by atoms with Gasteiger partial charge in [0.05, 0.1) is 25.4 Å². The molecule has 0 amide bonds. The van der Waals surface area contributed by atoms with E-state index < -0.39 is 17.9 Å². The largest absolute Gasteiger partial charge is 0.488 e. The van der Waals surface area contributed by atoms with Crippen molar-refractivity contribution in [2.24, 2.45) is 0 Å². The topological polar surface area (TPSA) is 85.2 Å². The van der Waals surface area contributed by atoms with E-state index in [4.69, 9.17) is 19.3 Å². The molecule has 0 aliphatic heterocycles. The number of carbonyl (C=O) groups is 1. The lowest BCUT2D eigenvalue weighted by atomic mass is 10.2. The molecule has 2 N–H and O–H groups in total. The fourth-order valence-electron chi connectivity index (χ4n) is 1.35. The molecule has 1 rings (SSSR count). The van der Waals surface area contributed by atoms with Crippen LogP contribution in [0.2, 0.25) is 0 Å². The van der Waals surface area contributed by atoms with Gasteiger partial charge in [0.2, 0.25) is 0 Å². The summed E-state index contributed by atoms with van der Waals surface area (Å²) < 4.78 is 28.4. The number of carboxylic acids is 1. The highest BCUT2D eigenvalue weighted by Crippen LogP contribution is 2.18. The van der Waals surface area contributed by atoms with E-state index in [0.29, 0.717) is 13.2 Å². The Balaban J connectivity index is 2.39. The summed E-state index contributed by atoms with van der Waals surface area (Å²) in [5.41, 5.74) is -0.168. The van der Waals surface area contributed by atoms with Crippen LogP contribution in [-0.2, 0) is 9.47 Å². The maximum absolute atomic E-state index is 13.5. The van der Waals surface area contributed by atoms with Crippen LogP contribution >= 0.6 is 0 Å². The number of rotatable bonds is 9. The molecule has 7 heteroatoms. The van der Waals surface area contributed by atoms with Crippen molar-refractivity contribution in [1.29, 1.82) is 0 Å². The molecule has 1 aromatic carbocycles. The van der Waals surface area contributed by atoms with Gasteiger partial charge < -0.3 is 24.4 Å². The third-order valence-corrected chi connectivity index (χ3v) is 2.35. The smallest absolute Gasteiger partial charge is 0.335 e. The lowest BCUT2D eigenvalue weighted by molar-refractivity contribution is -0.00469. The second-order valence-corrected chi connectivity index (χ2v) is 3.98. The number of halogens is 1. The Morgan fingerprint density at radius 2 is 2.10 bits per heavy atom. The SMILES string of the molecule is COCCOCC(O)COc1ccc(C(=O)O)cc1F. The highest BCUT2D eigenvalue weighted by Gasteiger charge is 2.11. The lowest BCUT2D eigenvalue weighted by Crippen LogP contribution is -2.24. The van der Waals surface area contributed by atoms with Crippen LogP contribution in [0.4, 0.5) is 4.39 Å². The first-order valence-electron chi connectivity index (χ1n) is 5.95. The zero-order valence-corrected chi connectivity index (χ0v) is 11.0. The van der Waals surface area contributed by atoms with E-state index in [-0.39, 0.29) is 24.5 Å². The van der Waals surface area contributed by atoms with Crippen molar-refractivity contribution in [1.82, 2.24) is 0 Å². The van der Waals surface area contributed by atoms with Gasteiger partial charge in [0.1, 0.15) is 12.7 Å². The van der Waals surface area contributed by atoms with E-state index in [1.807, 2.05) is 0 Å². The van der Waals surface area contributed by atoms with Gasteiger partial charge in [-0.1, -0.05) is 0 Å². The molecule has 1 unspecified atom stereocenters. The van der Waals surface area contributed by atoms with Crippen LogP contribution in [0.3, 0.4) is 0 Å². The van der Waals surface area contributed by atoms with Gasteiger partial charge in [0, 0.05) is 7.11 Å². The summed E-state index contributed by atoms with van der Waals surface area (Å²) in [6, 6.07) is 3.29. The summed E-state index contributed by atoms with van der Waals surface area (Å²) in [6.45, 7) is 0.641. The highest BCUT2D eigenvalue weighted by molar-refractivity contribution is 5.87. The quantitative estimate of drug-likeness (QED) is 0.657. The van der Waals surface area contributed by atoms with Crippen LogP contribution in [0.25, 0.3) is 0 Å². The molecular formula is C13H17FO6. The van der Waals surface area contributed by atoms with E-state index in [1.165, 1.54) is 19.2 Å². The van der Waals surface area contributed by atoms with E-state index in [9.17, 15) is 14.3 Å². The predicted octanol–water partition coefficient (Wildman–Crippen LogP) is 0.927. The van der Waals surface area contributed by atoms with E-state index >= 15 is 0 Å². The number of hydrogen-bond donors (Lipinski definition) is 2. The molecule has 0 saturated carbocycles. The number of ether oxygens (including phenoxy) is 3. The molecule has 1 atom stereocenters. The Morgan fingerprint density at radius 3 is 2.70 bits per heavy atom. The van der Waals surface area contributed by atoms with Gasteiger partial charge in [-0.15, -0.1) is 0 Å². The first-order chi connectivity index (χ1) is 9.54.